The summed E-state index contributed by atoms with van der Waals surface area (Å²) in [4.78, 5) is 22.4. The number of nitrogens with one attached hydrogen (secondary N) is 1. The molecule has 128 valence electrons. The molecule has 0 heterocycles. The molecule has 1 aliphatic rings. The number of carbonyl (C=O) groups excluding carboxylic acids is 1. The first kappa shape index (κ1) is 16.9. The summed E-state index contributed by atoms with van der Waals surface area (Å²) < 4.78 is 0. The number of aryl methyl sites for hydroxylation is 1. The Hall–Kier alpha value is -2.95. The average molecular weight is 336 g/mol. The fraction of sp³-hybridized carbons (Fsp3) is 0.250. The number of amides is 1. The summed E-state index contributed by atoms with van der Waals surface area (Å²) in [6.07, 6.45) is 6.34. The van der Waals surface area contributed by atoms with E-state index < -0.39 is 4.92 Å². The SMILES string of the molecule is O=C(/C=C/c1cccc([N+](=O)[O-])c1)NCC1CCCc2ccccc21. The summed E-state index contributed by atoms with van der Waals surface area (Å²) in [6, 6.07) is 14.6. The molecule has 0 saturated carbocycles. The van der Waals surface area contributed by atoms with Crippen LogP contribution >= 0.6 is 0 Å². The molecule has 0 spiro atoms. The standard InChI is InChI=1S/C20H20N2O3/c23-20(12-11-15-5-3-9-18(13-15)22(24)25)21-14-17-8-4-7-16-6-1-2-10-19(16)17/h1-3,5-6,9-13,17H,4,7-8,14H2,(H,21,23)/b12-11+. The Kier molecular flexibility index (Phi) is 5.23. The van der Waals surface area contributed by atoms with E-state index in [1.807, 2.05) is 6.07 Å². The Morgan fingerprint density at radius 2 is 2.08 bits per heavy atom. The van der Waals surface area contributed by atoms with Gasteiger partial charge in [-0.15, -0.1) is 0 Å². The maximum Gasteiger partial charge on any atom is 0.270 e. The van der Waals surface area contributed by atoms with Crippen LogP contribution in [0.25, 0.3) is 6.08 Å². The van der Waals surface area contributed by atoms with Crippen LogP contribution in [-0.4, -0.2) is 17.4 Å². The Morgan fingerprint density at radius 3 is 2.92 bits per heavy atom. The van der Waals surface area contributed by atoms with Gasteiger partial charge < -0.3 is 5.32 Å². The fourth-order valence-corrected chi connectivity index (χ4v) is 3.26. The highest BCUT2D eigenvalue weighted by Crippen LogP contribution is 2.30. The van der Waals surface area contributed by atoms with Gasteiger partial charge in [0.15, 0.2) is 0 Å². The van der Waals surface area contributed by atoms with Crippen LogP contribution in [-0.2, 0) is 11.2 Å². The first-order valence-corrected chi connectivity index (χ1v) is 8.41. The summed E-state index contributed by atoms with van der Waals surface area (Å²) >= 11 is 0. The number of benzene rings is 2. The Labute approximate surface area is 146 Å². The van der Waals surface area contributed by atoms with Crippen molar-refractivity contribution in [2.24, 2.45) is 0 Å². The van der Waals surface area contributed by atoms with Crippen molar-refractivity contribution in [3.63, 3.8) is 0 Å². The molecule has 1 aliphatic carbocycles. The van der Waals surface area contributed by atoms with E-state index in [4.69, 9.17) is 0 Å². The summed E-state index contributed by atoms with van der Waals surface area (Å²) in [5.74, 6) is 0.162. The molecule has 3 rings (SSSR count). The minimum Gasteiger partial charge on any atom is -0.352 e. The quantitative estimate of drug-likeness (QED) is 0.512. The second kappa shape index (κ2) is 7.75. The van der Waals surface area contributed by atoms with Gasteiger partial charge in [0.05, 0.1) is 4.92 Å². The number of carbonyl (C=O) groups is 1. The van der Waals surface area contributed by atoms with Crippen molar-refractivity contribution in [2.45, 2.75) is 25.2 Å². The van der Waals surface area contributed by atoms with Crippen molar-refractivity contribution >= 4 is 17.7 Å². The minimum absolute atomic E-state index is 0.0152. The van der Waals surface area contributed by atoms with E-state index in [0.29, 0.717) is 18.0 Å². The summed E-state index contributed by atoms with van der Waals surface area (Å²) in [5.41, 5.74) is 3.35. The highest BCUT2D eigenvalue weighted by Gasteiger charge is 2.19. The molecule has 0 saturated heterocycles. The van der Waals surface area contributed by atoms with Crippen LogP contribution in [0.1, 0.15) is 35.4 Å². The van der Waals surface area contributed by atoms with E-state index >= 15 is 0 Å². The third-order valence-corrected chi connectivity index (χ3v) is 4.52. The fourth-order valence-electron chi connectivity index (χ4n) is 3.26. The first-order valence-electron chi connectivity index (χ1n) is 8.41. The molecule has 1 N–H and O–H groups in total. The van der Waals surface area contributed by atoms with E-state index in [9.17, 15) is 14.9 Å². The molecule has 5 heteroatoms. The number of hydrogen-bond donors (Lipinski definition) is 1. The molecule has 0 aromatic heterocycles. The second-order valence-electron chi connectivity index (χ2n) is 6.22. The summed E-state index contributed by atoms with van der Waals surface area (Å²) in [7, 11) is 0. The summed E-state index contributed by atoms with van der Waals surface area (Å²) in [5, 5.41) is 13.7. The van der Waals surface area contributed by atoms with Crippen LogP contribution in [0.5, 0.6) is 0 Å². The van der Waals surface area contributed by atoms with Crippen LogP contribution in [0.4, 0.5) is 5.69 Å². The van der Waals surface area contributed by atoms with Crippen LogP contribution in [0.3, 0.4) is 0 Å². The number of rotatable bonds is 5. The zero-order valence-corrected chi connectivity index (χ0v) is 13.9. The van der Waals surface area contributed by atoms with Gasteiger partial charge in [0, 0.05) is 30.7 Å². The first-order chi connectivity index (χ1) is 12.1. The minimum atomic E-state index is -0.446. The topological polar surface area (TPSA) is 72.2 Å². The molecule has 1 amide bonds. The molecule has 1 atom stereocenters. The van der Waals surface area contributed by atoms with E-state index in [2.05, 4.69) is 23.5 Å². The van der Waals surface area contributed by atoms with Crippen molar-refractivity contribution in [1.82, 2.24) is 5.32 Å². The number of nitrogens with zero attached hydrogens (tertiary/aromatic N) is 1. The van der Waals surface area contributed by atoms with Gasteiger partial charge in [-0.3, -0.25) is 14.9 Å². The van der Waals surface area contributed by atoms with Gasteiger partial charge in [0.1, 0.15) is 0 Å². The third kappa shape index (κ3) is 4.32. The molecule has 0 bridgehead atoms. The molecule has 25 heavy (non-hydrogen) atoms. The normalized spacial score (nSPS) is 16.4. The van der Waals surface area contributed by atoms with Gasteiger partial charge in [-0.25, -0.2) is 0 Å². The number of non-ortho nitro benzene ring substituents is 1. The molecule has 0 aliphatic heterocycles. The van der Waals surface area contributed by atoms with Crippen LogP contribution in [0.15, 0.2) is 54.6 Å². The van der Waals surface area contributed by atoms with Crippen LogP contribution in [0, 0.1) is 10.1 Å². The lowest BCUT2D eigenvalue weighted by atomic mass is 9.83. The zero-order valence-electron chi connectivity index (χ0n) is 13.9. The van der Waals surface area contributed by atoms with Gasteiger partial charge in [-0.2, -0.15) is 0 Å². The predicted molar refractivity (Wildman–Crippen MR) is 97.3 cm³/mol. The molecule has 1 unspecified atom stereocenters. The molecule has 0 fully saturated rings. The maximum atomic E-state index is 12.1. The van der Waals surface area contributed by atoms with Crippen molar-refractivity contribution < 1.29 is 9.72 Å². The molecule has 2 aromatic carbocycles. The van der Waals surface area contributed by atoms with Gasteiger partial charge in [-0.05, 0) is 42.0 Å². The highest BCUT2D eigenvalue weighted by molar-refractivity contribution is 5.91. The van der Waals surface area contributed by atoms with E-state index in [-0.39, 0.29) is 11.6 Å². The largest absolute Gasteiger partial charge is 0.352 e. The van der Waals surface area contributed by atoms with Gasteiger partial charge >= 0.3 is 0 Å². The van der Waals surface area contributed by atoms with Crippen molar-refractivity contribution in [1.29, 1.82) is 0 Å². The lowest BCUT2D eigenvalue weighted by Crippen LogP contribution is -2.28. The van der Waals surface area contributed by atoms with Crippen molar-refractivity contribution in [3.8, 4) is 0 Å². The number of fused-ring (bicyclic) bond motifs is 1. The van der Waals surface area contributed by atoms with E-state index in [1.54, 1.807) is 18.2 Å². The van der Waals surface area contributed by atoms with Crippen LogP contribution < -0.4 is 5.32 Å². The molecule has 5 nitrogen and oxygen atoms in total. The zero-order chi connectivity index (χ0) is 17.6. The van der Waals surface area contributed by atoms with Gasteiger partial charge in [0.25, 0.3) is 5.69 Å². The Balaban J connectivity index is 1.59. The predicted octanol–water partition coefficient (Wildman–Crippen LogP) is 3.84. The lowest BCUT2D eigenvalue weighted by Gasteiger charge is -2.25. The molecule has 0 radical (unpaired) electrons. The van der Waals surface area contributed by atoms with Crippen molar-refractivity contribution in [2.75, 3.05) is 6.54 Å². The van der Waals surface area contributed by atoms with Crippen molar-refractivity contribution in [3.05, 3.63) is 81.4 Å². The lowest BCUT2D eigenvalue weighted by molar-refractivity contribution is -0.384. The maximum absolute atomic E-state index is 12.1. The molecular weight excluding hydrogens is 316 g/mol. The van der Waals surface area contributed by atoms with Crippen LogP contribution in [0.2, 0.25) is 0 Å². The third-order valence-electron chi connectivity index (χ3n) is 4.52. The van der Waals surface area contributed by atoms with E-state index in [1.165, 1.54) is 29.3 Å². The highest BCUT2D eigenvalue weighted by atomic mass is 16.6. The molecular formula is C20H20N2O3. The Bertz CT molecular complexity index is 814. The number of nitro benzene ring substituents is 1. The number of hydrogen-bond acceptors (Lipinski definition) is 3. The van der Waals surface area contributed by atoms with Gasteiger partial charge in [0.2, 0.25) is 5.91 Å². The smallest absolute Gasteiger partial charge is 0.270 e. The second-order valence-corrected chi connectivity index (χ2v) is 6.22. The average Bonchev–Trinajstić information content (AvgIpc) is 2.65. The van der Waals surface area contributed by atoms with Gasteiger partial charge in [-0.1, -0.05) is 36.4 Å². The Morgan fingerprint density at radius 1 is 1.24 bits per heavy atom. The number of nitro groups is 1. The summed E-state index contributed by atoms with van der Waals surface area (Å²) in [6.45, 7) is 0.606. The molecule has 2 aromatic rings. The van der Waals surface area contributed by atoms with E-state index in [0.717, 1.165) is 19.3 Å². The monoisotopic (exact) mass is 336 g/mol.